The van der Waals surface area contributed by atoms with Crippen molar-refractivity contribution in [2.75, 3.05) is 13.2 Å². The number of amides is 1. The molecular formula is C23H25FN2O3. The fourth-order valence-electron chi connectivity index (χ4n) is 4.04. The lowest BCUT2D eigenvalue weighted by atomic mass is 9.74. The zero-order valence-corrected chi connectivity index (χ0v) is 16.3. The predicted molar refractivity (Wildman–Crippen MR) is 108 cm³/mol. The zero-order chi connectivity index (χ0) is 20.1. The molecule has 1 unspecified atom stereocenters. The summed E-state index contributed by atoms with van der Waals surface area (Å²) in [5.41, 5.74) is 2.19. The molecule has 1 saturated heterocycles. The fourth-order valence-corrected chi connectivity index (χ4v) is 4.04. The van der Waals surface area contributed by atoms with Gasteiger partial charge in [0, 0.05) is 32.6 Å². The monoisotopic (exact) mass is 396 g/mol. The maximum absolute atomic E-state index is 13.2. The van der Waals surface area contributed by atoms with Crippen molar-refractivity contribution in [1.29, 1.82) is 0 Å². The molecule has 0 bridgehead atoms. The molecule has 0 aromatic heterocycles. The van der Waals surface area contributed by atoms with Crippen LogP contribution in [0.15, 0.2) is 59.8 Å². The van der Waals surface area contributed by atoms with Gasteiger partial charge in [-0.3, -0.25) is 4.79 Å². The number of hydrogen-bond donors (Lipinski definition) is 1. The quantitative estimate of drug-likeness (QED) is 0.808. The molecule has 0 spiro atoms. The van der Waals surface area contributed by atoms with E-state index in [1.807, 2.05) is 30.3 Å². The molecule has 5 nitrogen and oxygen atoms in total. The van der Waals surface area contributed by atoms with Crippen molar-refractivity contribution in [2.45, 2.75) is 38.3 Å². The molecule has 0 radical (unpaired) electrons. The minimum Gasteiger partial charge on any atom is -0.392 e. The highest BCUT2D eigenvalue weighted by molar-refractivity contribution is 6.01. The molecule has 2 aromatic rings. The molecule has 1 amide bonds. The minimum absolute atomic E-state index is 0.0449. The van der Waals surface area contributed by atoms with Crippen molar-refractivity contribution < 1.29 is 18.8 Å². The van der Waals surface area contributed by atoms with E-state index in [1.165, 1.54) is 12.1 Å². The van der Waals surface area contributed by atoms with Crippen LogP contribution in [-0.2, 0) is 20.9 Å². The summed E-state index contributed by atoms with van der Waals surface area (Å²) in [6.07, 6.45) is 2.36. The molecule has 29 heavy (non-hydrogen) atoms. The number of carbonyl (C=O) groups excluding carboxylic acids is 1. The topological polar surface area (TPSA) is 59.9 Å². The Balaban J connectivity index is 1.40. The van der Waals surface area contributed by atoms with Crippen molar-refractivity contribution in [3.8, 4) is 0 Å². The largest absolute Gasteiger partial charge is 0.392 e. The van der Waals surface area contributed by atoms with Crippen LogP contribution >= 0.6 is 0 Å². The van der Waals surface area contributed by atoms with Crippen LogP contribution in [0.1, 0.15) is 36.8 Å². The third-order valence-corrected chi connectivity index (χ3v) is 5.76. The van der Waals surface area contributed by atoms with Crippen LogP contribution < -0.4 is 5.32 Å². The third kappa shape index (κ3) is 4.65. The Bertz CT molecular complexity index is 861. The van der Waals surface area contributed by atoms with E-state index in [9.17, 15) is 9.18 Å². The molecule has 1 fully saturated rings. The summed E-state index contributed by atoms with van der Waals surface area (Å²) >= 11 is 0. The van der Waals surface area contributed by atoms with E-state index in [0.717, 1.165) is 16.8 Å². The summed E-state index contributed by atoms with van der Waals surface area (Å²) in [6, 6.07) is 16.1. The first-order valence-electron chi connectivity index (χ1n) is 10.0. The number of oxime groups is 1. The van der Waals surface area contributed by atoms with Gasteiger partial charge in [-0.15, -0.1) is 0 Å². The van der Waals surface area contributed by atoms with Gasteiger partial charge in [0.2, 0.25) is 5.91 Å². The van der Waals surface area contributed by atoms with Crippen LogP contribution in [-0.4, -0.2) is 30.9 Å². The maximum atomic E-state index is 13.2. The number of nitrogens with one attached hydrogen (secondary N) is 1. The molecule has 6 heteroatoms. The van der Waals surface area contributed by atoms with Gasteiger partial charge in [0.05, 0.1) is 11.1 Å². The van der Waals surface area contributed by atoms with Gasteiger partial charge in [-0.25, -0.2) is 4.39 Å². The summed E-state index contributed by atoms with van der Waals surface area (Å²) in [5, 5.41) is 7.30. The van der Waals surface area contributed by atoms with Crippen molar-refractivity contribution >= 4 is 11.6 Å². The number of rotatable bonds is 6. The molecule has 2 aromatic carbocycles. The van der Waals surface area contributed by atoms with Gasteiger partial charge in [0.25, 0.3) is 0 Å². The number of benzene rings is 2. The summed E-state index contributed by atoms with van der Waals surface area (Å²) in [4.78, 5) is 18.8. The highest BCUT2D eigenvalue weighted by atomic mass is 19.1. The second kappa shape index (κ2) is 8.74. The number of ether oxygens (including phenoxy) is 1. The van der Waals surface area contributed by atoms with Crippen LogP contribution in [0.25, 0.3) is 0 Å². The summed E-state index contributed by atoms with van der Waals surface area (Å²) < 4.78 is 18.7. The van der Waals surface area contributed by atoms with Gasteiger partial charge in [-0.1, -0.05) is 47.6 Å². The Morgan fingerprint density at radius 1 is 1.10 bits per heavy atom. The lowest BCUT2D eigenvalue weighted by molar-refractivity contribution is -0.140. The molecule has 1 atom stereocenters. The number of hydrogen-bond acceptors (Lipinski definition) is 4. The number of halogens is 1. The number of nitrogens with zero attached hydrogens (tertiary/aromatic N) is 1. The van der Waals surface area contributed by atoms with Gasteiger partial charge < -0.3 is 14.9 Å². The van der Waals surface area contributed by atoms with Gasteiger partial charge in [-0.05, 0) is 36.1 Å². The Kier molecular flexibility index (Phi) is 5.90. The smallest absolute Gasteiger partial charge is 0.226 e. The summed E-state index contributed by atoms with van der Waals surface area (Å²) in [5.74, 6) is -0.232. The molecular weight excluding hydrogens is 371 g/mol. The highest BCUT2D eigenvalue weighted by Gasteiger charge is 2.43. The Hall–Kier alpha value is -2.73. The molecule has 2 aliphatic rings. The Morgan fingerprint density at radius 2 is 1.83 bits per heavy atom. The predicted octanol–water partition coefficient (Wildman–Crippen LogP) is 3.82. The molecule has 0 saturated carbocycles. The van der Waals surface area contributed by atoms with E-state index in [4.69, 9.17) is 9.57 Å². The average molecular weight is 396 g/mol. The number of carbonyl (C=O) groups is 1. The van der Waals surface area contributed by atoms with E-state index in [2.05, 4.69) is 10.5 Å². The standard InChI is InChI=1S/C23H25FN2O3/c24-19-8-6-18(7-9-19)21-14-20(29-26-21)15-23(10-12-28-13-11-23)22(27)25-16-17-4-2-1-3-5-17/h1-9,20H,10-16H2,(H,25,27). The zero-order valence-electron chi connectivity index (χ0n) is 16.3. The van der Waals surface area contributed by atoms with Crippen molar-refractivity contribution in [3.63, 3.8) is 0 Å². The lowest BCUT2D eigenvalue weighted by Crippen LogP contribution is -2.46. The summed E-state index contributed by atoms with van der Waals surface area (Å²) in [7, 11) is 0. The fraction of sp³-hybridized carbons (Fsp3) is 0.391. The van der Waals surface area contributed by atoms with Crippen LogP contribution in [0.3, 0.4) is 0 Å². The first-order valence-corrected chi connectivity index (χ1v) is 10.0. The van der Waals surface area contributed by atoms with Gasteiger partial charge >= 0.3 is 0 Å². The van der Waals surface area contributed by atoms with E-state index < -0.39 is 5.41 Å². The van der Waals surface area contributed by atoms with Crippen molar-refractivity contribution in [2.24, 2.45) is 10.6 Å². The van der Waals surface area contributed by atoms with E-state index in [1.54, 1.807) is 12.1 Å². The van der Waals surface area contributed by atoms with Gasteiger partial charge in [-0.2, -0.15) is 0 Å². The normalized spacial score (nSPS) is 20.6. The second-order valence-electron chi connectivity index (χ2n) is 7.74. The van der Waals surface area contributed by atoms with E-state index in [-0.39, 0.29) is 17.8 Å². The molecule has 1 N–H and O–H groups in total. The molecule has 2 heterocycles. The van der Waals surface area contributed by atoms with Crippen LogP contribution in [0, 0.1) is 11.2 Å². The Labute approximate surface area is 169 Å². The first-order chi connectivity index (χ1) is 14.1. The van der Waals surface area contributed by atoms with E-state index in [0.29, 0.717) is 45.4 Å². The molecule has 2 aliphatic heterocycles. The highest BCUT2D eigenvalue weighted by Crippen LogP contribution is 2.38. The minimum atomic E-state index is -0.522. The molecule has 0 aliphatic carbocycles. The van der Waals surface area contributed by atoms with Crippen molar-refractivity contribution in [3.05, 3.63) is 71.5 Å². The first kappa shape index (κ1) is 19.6. The SMILES string of the molecule is O=C(NCc1ccccc1)C1(CC2CC(c3ccc(F)cc3)=NO2)CCOCC1. The summed E-state index contributed by atoms with van der Waals surface area (Å²) in [6.45, 7) is 1.64. The van der Waals surface area contributed by atoms with Crippen LogP contribution in [0.5, 0.6) is 0 Å². The third-order valence-electron chi connectivity index (χ3n) is 5.76. The van der Waals surface area contributed by atoms with Crippen LogP contribution in [0.4, 0.5) is 4.39 Å². The molecule has 152 valence electrons. The second-order valence-corrected chi connectivity index (χ2v) is 7.74. The maximum Gasteiger partial charge on any atom is 0.226 e. The lowest BCUT2D eigenvalue weighted by Gasteiger charge is -2.37. The Morgan fingerprint density at radius 3 is 2.55 bits per heavy atom. The van der Waals surface area contributed by atoms with E-state index >= 15 is 0 Å². The van der Waals surface area contributed by atoms with Crippen LogP contribution in [0.2, 0.25) is 0 Å². The van der Waals surface area contributed by atoms with Gasteiger partial charge in [0.15, 0.2) is 0 Å². The van der Waals surface area contributed by atoms with Gasteiger partial charge in [0.1, 0.15) is 11.9 Å². The van der Waals surface area contributed by atoms with Crippen molar-refractivity contribution in [1.82, 2.24) is 5.32 Å². The molecule has 4 rings (SSSR count). The average Bonchev–Trinajstić information content (AvgIpc) is 3.22.